The Morgan fingerprint density at radius 1 is 1.50 bits per heavy atom. The zero-order valence-corrected chi connectivity index (χ0v) is 11.1. The van der Waals surface area contributed by atoms with Crippen molar-refractivity contribution in [2.45, 2.75) is 6.04 Å². The number of carbonyl (C=O) groups is 2. The van der Waals surface area contributed by atoms with E-state index in [-0.39, 0.29) is 18.2 Å². The maximum atomic E-state index is 12.2. The van der Waals surface area contributed by atoms with Gasteiger partial charge in [0.2, 0.25) is 5.91 Å². The molecule has 0 aliphatic carbocycles. The number of carbonyl (C=O) groups excluding carboxylic acids is 2. The minimum atomic E-state index is -0.725. The lowest BCUT2D eigenvalue weighted by Gasteiger charge is -2.33. The maximum absolute atomic E-state index is 12.2. The number of primary amides is 1. The minimum absolute atomic E-state index is 0.137. The molecular formula is C11H12BrN3O3. The molecule has 2 rings (SSSR count). The van der Waals surface area contributed by atoms with Crippen molar-refractivity contribution in [3.63, 3.8) is 0 Å². The summed E-state index contributed by atoms with van der Waals surface area (Å²) in [5, 5.41) is 0. The van der Waals surface area contributed by atoms with Gasteiger partial charge in [-0.25, -0.2) is 4.98 Å². The van der Waals surface area contributed by atoms with Crippen LogP contribution in [0.2, 0.25) is 0 Å². The largest absolute Gasteiger partial charge is 0.377 e. The highest BCUT2D eigenvalue weighted by Gasteiger charge is 2.32. The number of morpholine rings is 1. The number of halogens is 1. The lowest BCUT2D eigenvalue weighted by Crippen LogP contribution is -2.54. The summed E-state index contributed by atoms with van der Waals surface area (Å²) in [5.41, 5.74) is 5.54. The Balaban J connectivity index is 2.20. The summed E-state index contributed by atoms with van der Waals surface area (Å²) < 4.78 is 5.94. The van der Waals surface area contributed by atoms with E-state index < -0.39 is 11.9 Å². The second-order valence-electron chi connectivity index (χ2n) is 3.85. The van der Waals surface area contributed by atoms with Gasteiger partial charge in [0.1, 0.15) is 11.7 Å². The highest BCUT2D eigenvalue weighted by Crippen LogP contribution is 2.13. The summed E-state index contributed by atoms with van der Waals surface area (Å²) in [6.07, 6.45) is 1.53. The molecule has 6 nitrogen and oxygen atoms in total. The van der Waals surface area contributed by atoms with Crippen LogP contribution in [0.15, 0.2) is 22.8 Å². The van der Waals surface area contributed by atoms with Gasteiger partial charge < -0.3 is 15.4 Å². The second kappa shape index (κ2) is 5.45. The summed E-state index contributed by atoms with van der Waals surface area (Å²) in [4.78, 5) is 28.9. The van der Waals surface area contributed by atoms with Gasteiger partial charge in [0.15, 0.2) is 0 Å². The Morgan fingerprint density at radius 2 is 2.28 bits per heavy atom. The summed E-state index contributed by atoms with van der Waals surface area (Å²) in [7, 11) is 0. The van der Waals surface area contributed by atoms with Crippen LogP contribution in [0.4, 0.5) is 0 Å². The Morgan fingerprint density at radius 3 is 2.89 bits per heavy atom. The van der Waals surface area contributed by atoms with Crippen molar-refractivity contribution in [2.24, 2.45) is 5.73 Å². The highest BCUT2D eigenvalue weighted by molar-refractivity contribution is 9.10. The molecule has 1 aromatic rings. The summed E-state index contributed by atoms with van der Waals surface area (Å²) >= 11 is 3.24. The molecule has 0 radical (unpaired) electrons. The van der Waals surface area contributed by atoms with E-state index in [0.29, 0.717) is 13.2 Å². The molecule has 2 N–H and O–H groups in total. The third kappa shape index (κ3) is 2.68. The van der Waals surface area contributed by atoms with Crippen molar-refractivity contribution in [3.8, 4) is 0 Å². The first-order chi connectivity index (χ1) is 8.59. The van der Waals surface area contributed by atoms with Crippen LogP contribution in [0.25, 0.3) is 0 Å². The molecule has 2 amide bonds. The zero-order chi connectivity index (χ0) is 13.1. The zero-order valence-electron chi connectivity index (χ0n) is 9.51. The molecule has 1 unspecified atom stereocenters. The van der Waals surface area contributed by atoms with Gasteiger partial charge in [0, 0.05) is 17.2 Å². The first-order valence-corrected chi connectivity index (χ1v) is 6.18. The molecule has 18 heavy (non-hydrogen) atoms. The standard InChI is InChI=1S/C11H12BrN3O3/c12-7-1-2-8(14-5-7)11(17)15-3-4-18-6-9(15)10(13)16/h1-2,5,9H,3-4,6H2,(H2,13,16). The van der Waals surface area contributed by atoms with Crippen LogP contribution >= 0.6 is 15.9 Å². The number of nitrogens with zero attached hydrogens (tertiary/aromatic N) is 2. The number of pyridine rings is 1. The maximum Gasteiger partial charge on any atom is 0.273 e. The van der Waals surface area contributed by atoms with Crippen LogP contribution in [0.1, 0.15) is 10.5 Å². The lowest BCUT2D eigenvalue weighted by atomic mass is 10.2. The van der Waals surface area contributed by atoms with Gasteiger partial charge in [-0.05, 0) is 28.1 Å². The van der Waals surface area contributed by atoms with E-state index in [1.807, 2.05) is 0 Å². The molecule has 1 aliphatic heterocycles. The Hall–Kier alpha value is -1.47. The Kier molecular flexibility index (Phi) is 3.93. The van der Waals surface area contributed by atoms with E-state index in [4.69, 9.17) is 10.5 Å². The average Bonchev–Trinajstić information content (AvgIpc) is 2.39. The monoisotopic (exact) mass is 313 g/mol. The number of hydrogen-bond donors (Lipinski definition) is 1. The first-order valence-electron chi connectivity index (χ1n) is 5.39. The average molecular weight is 314 g/mol. The van der Waals surface area contributed by atoms with E-state index >= 15 is 0 Å². The van der Waals surface area contributed by atoms with E-state index in [1.54, 1.807) is 12.1 Å². The van der Waals surface area contributed by atoms with Crippen LogP contribution < -0.4 is 5.73 Å². The predicted molar refractivity (Wildman–Crippen MR) is 66.8 cm³/mol. The number of amides is 2. The van der Waals surface area contributed by atoms with E-state index in [0.717, 1.165) is 4.47 Å². The van der Waals surface area contributed by atoms with Crippen molar-refractivity contribution in [2.75, 3.05) is 19.8 Å². The Labute approximate surface area is 112 Å². The third-order valence-electron chi connectivity index (χ3n) is 2.66. The van der Waals surface area contributed by atoms with E-state index in [1.165, 1.54) is 11.1 Å². The smallest absolute Gasteiger partial charge is 0.273 e. The summed E-state index contributed by atoms with van der Waals surface area (Å²) in [6.45, 7) is 0.869. The van der Waals surface area contributed by atoms with Crippen molar-refractivity contribution >= 4 is 27.7 Å². The molecule has 1 fully saturated rings. The molecule has 0 aromatic carbocycles. The molecule has 0 bridgehead atoms. The topological polar surface area (TPSA) is 85.5 Å². The molecule has 0 spiro atoms. The fraction of sp³-hybridized carbons (Fsp3) is 0.364. The number of aromatic nitrogens is 1. The quantitative estimate of drug-likeness (QED) is 0.843. The molecule has 0 saturated carbocycles. The van der Waals surface area contributed by atoms with Gasteiger partial charge in [-0.1, -0.05) is 0 Å². The molecule has 96 valence electrons. The van der Waals surface area contributed by atoms with Crippen molar-refractivity contribution in [1.29, 1.82) is 0 Å². The lowest BCUT2D eigenvalue weighted by molar-refractivity contribution is -0.127. The van der Waals surface area contributed by atoms with Crippen LogP contribution in [-0.2, 0) is 9.53 Å². The fourth-order valence-corrected chi connectivity index (χ4v) is 1.97. The van der Waals surface area contributed by atoms with Gasteiger partial charge in [-0.2, -0.15) is 0 Å². The molecule has 2 heterocycles. The van der Waals surface area contributed by atoms with Crippen LogP contribution in [-0.4, -0.2) is 47.5 Å². The molecule has 1 aliphatic rings. The van der Waals surface area contributed by atoms with Gasteiger partial charge in [-0.3, -0.25) is 9.59 Å². The number of nitrogens with two attached hydrogens (primary N) is 1. The normalized spacial score (nSPS) is 19.6. The number of rotatable bonds is 2. The SMILES string of the molecule is NC(=O)C1COCCN1C(=O)c1ccc(Br)cn1. The van der Waals surface area contributed by atoms with E-state index in [9.17, 15) is 9.59 Å². The third-order valence-corrected chi connectivity index (χ3v) is 3.13. The van der Waals surface area contributed by atoms with Gasteiger partial charge in [0.05, 0.1) is 13.2 Å². The Bertz CT molecular complexity index is 463. The van der Waals surface area contributed by atoms with Gasteiger partial charge >= 0.3 is 0 Å². The minimum Gasteiger partial charge on any atom is -0.377 e. The first kappa shape index (κ1) is 13.0. The second-order valence-corrected chi connectivity index (χ2v) is 4.77. The number of hydrogen-bond acceptors (Lipinski definition) is 4. The molecular weight excluding hydrogens is 302 g/mol. The molecule has 7 heteroatoms. The van der Waals surface area contributed by atoms with Crippen molar-refractivity contribution < 1.29 is 14.3 Å². The molecule has 1 atom stereocenters. The van der Waals surface area contributed by atoms with Crippen molar-refractivity contribution in [1.82, 2.24) is 9.88 Å². The molecule has 1 saturated heterocycles. The summed E-state index contributed by atoms with van der Waals surface area (Å²) in [6, 6.07) is 2.59. The molecule has 1 aromatic heterocycles. The van der Waals surface area contributed by atoms with Crippen molar-refractivity contribution in [3.05, 3.63) is 28.5 Å². The van der Waals surface area contributed by atoms with Crippen LogP contribution in [0.5, 0.6) is 0 Å². The highest BCUT2D eigenvalue weighted by atomic mass is 79.9. The fourth-order valence-electron chi connectivity index (χ4n) is 1.73. The predicted octanol–water partition coefficient (Wildman–Crippen LogP) is 0.170. The van der Waals surface area contributed by atoms with Gasteiger partial charge in [0.25, 0.3) is 5.91 Å². The number of ether oxygens (including phenoxy) is 1. The van der Waals surface area contributed by atoms with Crippen LogP contribution in [0.3, 0.4) is 0 Å². The summed E-state index contributed by atoms with van der Waals surface area (Å²) in [5.74, 6) is -0.880. The van der Waals surface area contributed by atoms with Crippen LogP contribution in [0, 0.1) is 0 Å². The van der Waals surface area contributed by atoms with Gasteiger partial charge in [-0.15, -0.1) is 0 Å². The van der Waals surface area contributed by atoms with E-state index in [2.05, 4.69) is 20.9 Å².